The Morgan fingerprint density at radius 2 is 1.59 bits per heavy atom. The van der Waals surface area contributed by atoms with E-state index in [4.69, 9.17) is 9.47 Å². The van der Waals surface area contributed by atoms with Crippen molar-refractivity contribution >= 4 is 11.9 Å². The third-order valence-electron chi connectivity index (χ3n) is 17.6. The van der Waals surface area contributed by atoms with Gasteiger partial charge in [-0.15, -0.1) is 0 Å². The molecule has 10 rings (SSSR count). The molecule has 2 spiro atoms. The monoisotopic (exact) mass is 789 g/mol. The predicted octanol–water partition coefficient (Wildman–Crippen LogP) is 10.2. The van der Waals surface area contributed by atoms with Crippen LogP contribution in [0.1, 0.15) is 122 Å². The van der Waals surface area contributed by atoms with Crippen molar-refractivity contribution < 1.29 is 29.3 Å². The van der Waals surface area contributed by atoms with E-state index in [0.717, 1.165) is 80.9 Å². The highest BCUT2D eigenvalue weighted by Crippen LogP contribution is 2.78. The number of ketones is 1. The Labute approximate surface area is 346 Å². The van der Waals surface area contributed by atoms with Crippen molar-refractivity contribution in [3.63, 3.8) is 0 Å². The average molecular weight is 790 g/mol. The summed E-state index contributed by atoms with van der Waals surface area (Å²) >= 11 is 0. The third kappa shape index (κ3) is 6.21. The molecular formula is C51H67NO6. The van der Waals surface area contributed by atoms with Gasteiger partial charge in [0.1, 0.15) is 6.10 Å². The molecule has 312 valence electrons. The molecule has 7 aliphatic carbocycles. The summed E-state index contributed by atoms with van der Waals surface area (Å²) in [5, 5.41) is 24.5. The van der Waals surface area contributed by atoms with E-state index < -0.39 is 27.9 Å². The van der Waals surface area contributed by atoms with E-state index in [1.165, 1.54) is 0 Å². The summed E-state index contributed by atoms with van der Waals surface area (Å²) in [5.41, 5.74) is 0.867. The summed E-state index contributed by atoms with van der Waals surface area (Å²) in [6.45, 7) is 12.7. The Morgan fingerprint density at radius 1 is 0.879 bits per heavy atom. The molecule has 1 aliphatic heterocycles. The fourth-order valence-electron chi connectivity index (χ4n) is 14.2. The molecule has 2 N–H and O–H groups in total. The molecule has 1 heterocycles. The van der Waals surface area contributed by atoms with Crippen LogP contribution in [0.5, 0.6) is 0 Å². The fourth-order valence-corrected chi connectivity index (χ4v) is 14.2. The summed E-state index contributed by atoms with van der Waals surface area (Å²) in [6.07, 6.45) is 16.3. The van der Waals surface area contributed by atoms with E-state index in [9.17, 15) is 15.0 Å². The first-order chi connectivity index (χ1) is 27.7. The number of rotatable bonds is 9. The molecular weight excluding hydrogens is 723 g/mol. The molecule has 2 aromatic carbocycles. The van der Waals surface area contributed by atoms with Crippen molar-refractivity contribution in [2.75, 3.05) is 19.7 Å². The Bertz CT molecular complexity index is 1930. The second-order valence-electron chi connectivity index (χ2n) is 20.8. The van der Waals surface area contributed by atoms with Gasteiger partial charge in [0.25, 0.3) is 0 Å². The number of Topliss-reactive ketones (excluding diaryl/α,β-unsaturated/α-hetero) is 1. The van der Waals surface area contributed by atoms with Crippen LogP contribution in [-0.2, 0) is 9.47 Å². The number of aliphatic hydroxyl groups excluding tert-OH is 1. The van der Waals surface area contributed by atoms with Gasteiger partial charge in [0.15, 0.2) is 5.78 Å². The molecule has 2 bridgehead atoms. The van der Waals surface area contributed by atoms with Gasteiger partial charge in [-0.05, 0) is 117 Å². The number of carbonyl (C=O) groups is 2. The lowest BCUT2D eigenvalue weighted by Crippen LogP contribution is -2.67. The van der Waals surface area contributed by atoms with Crippen LogP contribution in [-0.4, -0.2) is 70.6 Å². The van der Waals surface area contributed by atoms with Crippen molar-refractivity contribution in [1.82, 2.24) is 4.90 Å². The summed E-state index contributed by atoms with van der Waals surface area (Å²) < 4.78 is 12.6. The van der Waals surface area contributed by atoms with Crippen molar-refractivity contribution in [2.24, 2.45) is 51.2 Å². The maximum absolute atomic E-state index is 15.2. The van der Waals surface area contributed by atoms with Crippen LogP contribution in [0.15, 0.2) is 78.4 Å². The minimum atomic E-state index is -1.18. The van der Waals surface area contributed by atoms with E-state index in [0.29, 0.717) is 49.3 Å². The minimum absolute atomic E-state index is 0.00844. The molecule has 12 atom stereocenters. The first-order valence-corrected chi connectivity index (χ1v) is 22.8. The topological polar surface area (TPSA) is 96.3 Å². The zero-order valence-corrected chi connectivity index (χ0v) is 35.6. The number of amides is 1. The molecule has 5 fully saturated rings. The second kappa shape index (κ2) is 14.7. The van der Waals surface area contributed by atoms with Crippen LogP contribution in [0, 0.1) is 51.2 Å². The molecule has 1 saturated heterocycles. The zero-order chi connectivity index (χ0) is 40.7. The number of benzene rings is 2. The van der Waals surface area contributed by atoms with E-state index in [2.05, 4.69) is 77.1 Å². The highest BCUT2D eigenvalue weighted by molar-refractivity contribution is 6.10. The van der Waals surface area contributed by atoms with Crippen LogP contribution in [0.4, 0.5) is 4.79 Å². The summed E-state index contributed by atoms with van der Waals surface area (Å²) in [6, 6.07) is 18.3. The number of hydrogen-bond donors (Lipinski definition) is 2. The van der Waals surface area contributed by atoms with Crippen LogP contribution in [0.2, 0.25) is 0 Å². The molecule has 12 unspecified atom stereocenters. The minimum Gasteiger partial charge on any atom is -0.446 e. The average Bonchev–Trinajstić information content (AvgIpc) is 3.82. The van der Waals surface area contributed by atoms with Crippen LogP contribution in [0.3, 0.4) is 0 Å². The maximum Gasteiger partial charge on any atom is 0.410 e. The van der Waals surface area contributed by atoms with Gasteiger partial charge in [-0.1, -0.05) is 114 Å². The predicted molar refractivity (Wildman–Crippen MR) is 227 cm³/mol. The van der Waals surface area contributed by atoms with Crippen molar-refractivity contribution in [3.8, 4) is 11.1 Å². The number of hydrogen-bond acceptors (Lipinski definition) is 6. The van der Waals surface area contributed by atoms with Gasteiger partial charge in [-0.25, -0.2) is 4.79 Å². The van der Waals surface area contributed by atoms with Gasteiger partial charge in [0.05, 0.1) is 30.9 Å². The standard InChI is InChI=1S/C51H67NO6/c1-33(2)40-18-13-34(3)28-42(40)58-46(55)52(31-39-12-9-27-57-39)32-50(56)24-21-44-48(50,5)23-20-43-47(4)22-19-38(53)29-49(47)25-26-51(43,44)41(30-49)45(54)37-16-14-36(15-17-37)35-10-7-6-8-11-35/h6-8,10-11,14-17,25-26,30,33-34,38-40,42-44,53,56H,9,12-13,18-24,27-29,31-32H2,1-5H3. The molecule has 2 aromatic rings. The lowest BCUT2D eigenvalue weighted by atomic mass is 9.32. The van der Waals surface area contributed by atoms with E-state index in [1.807, 2.05) is 35.2 Å². The maximum atomic E-state index is 15.2. The Hall–Kier alpha value is -3.26. The third-order valence-corrected chi connectivity index (χ3v) is 17.6. The molecule has 58 heavy (non-hydrogen) atoms. The molecule has 7 heteroatoms. The molecule has 0 aromatic heterocycles. The number of fused-ring (bicyclic) bond motifs is 1. The van der Waals surface area contributed by atoms with Crippen molar-refractivity contribution in [1.29, 1.82) is 0 Å². The first kappa shape index (κ1) is 40.2. The Balaban J connectivity index is 1.07. The Morgan fingerprint density at radius 3 is 2.31 bits per heavy atom. The number of aliphatic hydroxyl groups is 2. The molecule has 8 aliphatic rings. The Kier molecular flexibility index (Phi) is 10.2. The summed E-state index contributed by atoms with van der Waals surface area (Å²) in [4.78, 5) is 31.6. The largest absolute Gasteiger partial charge is 0.446 e. The summed E-state index contributed by atoms with van der Waals surface area (Å²) in [7, 11) is 0. The van der Waals surface area contributed by atoms with E-state index in [1.54, 1.807) is 0 Å². The number of carbonyl (C=O) groups excluding carboxylic acids is 2. The molecule has 7 nitrogen and oxygen atoms in total. The normalized spacial score (nSPS) is 41.4. The van der Waals surface area contributed by atoms with Crippen LogP contribution in [0.25, 0.3) is 11.1 Å². The SMILES string of the molecule is CC1CCC(C(C)C)C(OC(=O)N(CC2CCCO2)CC2(O)CCC3C45C=CC6(C=C4C(=O)c4ccc(-c7ccccc7)cc4)CC(O)CCC6(C)C5CCC32C)C1. The van der Waals surface area contributed by atoms with Crippen LogP contribution >= 0.6 is 0 Å². The second-order valence-corrected chi connectivity index (χ2v) is 20.8. The van der Waals surface area contributed by atoms with E-state index >= 15 is 4.79 Å². The quantitative estimate of drug-likeness (QED) is 0.194. The number of allylic oxidation sites excluding steroid dienone is 4. The van der Waals surface area contributed by atoms with Gasteiger partial charge in [0.2, 0.25) is 0 Å². The lowest BCUT2D eigenvalue weighted by Gasteiger charge is -2.71. The smallest absolute Gasteiger partial charge is 0.410 e. The van der Waals surface area contributed by atoms with Gasteiger partial charge in [-0.3, -0.25) is 4.79 Å². The molecule has 0 radical (unpaired) electrons. The molecule has 1 amide bonds. The van der Waals surface area contributed by atoms with Gasteiger partial charge in [-0.2, -0.15) is 0 Å². The van der Waals surface area contributed by atoms with Gasteiger partial charge in [0, 0.05) is 34.0 Å². The summed E-state index contributed by atoms with van der Waals surface area (Å²) in [5.74, 6) is 1.49. The lowest BCUT2D eigenvalue weighted by molar-refractivity contribution is -0.176. The first-order valence-electron chi connectivity index (χ1n) is 22.8. The van der Waals surface area contributed by atoms with Crippen molar-refractivity contribution in [3.05, 3.63) is 84.0 Å². The number of ether oxygens (including phenoxy) is 2. The van der Waals surface area contributed by atoms with Gasteiger partial charge < -0.3 is 24.6 Å². The van der Waals surface area contributed by atoms with E-state index in [-0.39, 0.29) is 47.9 Å². The van der Waals surface area contributed by atoms with Crippen LogP contribution < -0.4 is 0 Å². The highest BCUT2D eigenvalue weighted by Gasteiger charge is 2.74. The van der Waals surface area contributed by atoms with Crippen molar-refractivity contribution in [2.45, 2.75) is 136 Å². The fraction of sp³-hybridized carbons (Fsp3) is 0.647. The molecule has 4 saturated carbocycles. The van der Waals surface area contributed by atoms with Gasteiger partial charge >= 0.3 is 6.09 Å². The highest BCUT2D eigenvalue weighted by atomic mass is 16.6. The number of nitrogens with zero attached hydrogens (tertiary/aromatic N) is 1. The zero-order valence-electron chi connectivity index (χ0n) is 35.6.